The van der Waals surface area contributed by atoms with Gasteiger partial charge in [-0.2, -0.15) is 0 Å². The molecule has 0 atom stereocenters. The Morgan fingerprint density at radius 1 is 1.03 bits per heavy atom. The van der Waals surface area contributed by atoms with Crippen molar-refractivity contribution in [3.05, 3.63) is 59.9 Å². The number of aromatic nitrogens is 1. The highest BCUT2D eigenvalue weighted by Crippen LogP contribution is 2.38. The van der Waals surface area contributed by atoms with E-state index < -0.39 is 23.1 Å². The van der Waals surface area contributed by atoms with Crippen LogP contribution in [0, 0.1) is 29.3 Å². The molecule has 1 heterocycles. The SMILES string of the molecule is CC1CC(C(=O)NC2(C(N)=O)CC2)C1.Fc1ccc(-c2cc3cc(F)cc(F)c3[nH]2)cc1. The summed E-state index contributed by atoms with van der Waals surface area (Å²) in [6.45, 7) is 2.13. The van der Waals surface area contributed by atoms with E-state index in [9.17, 15) is 22.8 Å². The first-order valence-corrected chi connectivity index (χ1v) is 10.5. The maximum Gasteiger partial charge on any atom is 0.243 e. The normalized spacial score (nSPS) is 20.6. The number of fused-ring (bicyclic) bond motifs is 1. The highest BCUT2D eigenvalue weighted by molar-refractivity contribution is 5.93. The Hall–Kier alpha value is -3.29. The highest BCUT2D eigenvalue weighted by atomic mass is 19.1. The lowest BCUT2D eigenvalue weighted by Crippen LogP contribution is -2.50. The Bertz CT molecular complexity index is 1160. The lowest BCUT2D eigenvalue weighted by atomic mass is 9.75. The third-order valence-corrected chi connectivity index (χ3v) is 6.13. The Morgan fingerprint density at radius 2 is 1.69 bits per heavy atom. The minimum Gasteiger partial charge on any atom is -0.368 e. The van der Waals surface area contributed by atoms with Crippen LogP contribution in [0.2, 0.25) is 0 Å². The fraction of sp³-hybridized carbons (Fsp3) is 0.333. The van der Waals surface area contributed by atoms with Crippen molar-refractivity contribution in [1.29, 1.82) is 0 Å². The number of hydrogen-bond acceptors (Lipinski definition) is 2. The van der Waals surface area contributed by atoms with Gasteiger partial charge in [0.2, 0.25) is 11.8 Å². The average molecular weight is 443 g/mol. The van der Waals surface area contributed by atoms with E-state index in [1.165, 1.54) is 18.2 Å². The van der Waals surface area contributed by atoms with Crippen LogP contribution < -0.4 is 11.1 Å². The molecule has 3 aromatic rings. The topological polar surface area (TPSA) is 88.0 Å². The molecule has 5 rings (SSSR count). The maximum atomic E-state index is 13.5. The van der Waals surface area contributed by atoms with E-state index in [0.29, 0.717) is 35.4 Å². The third-order valence-electron chi connectivity index (χ3n) is 6.13. The Kier molecular flexibility index (Phi) is 5.71. The van der Waals surface area contributed by atoms with Crippen LogP contribution >= 0.6 is 0 Å². The van der Waals surface area contributed by atoms with Crippen LogP contribution in [0.5, 0.6) is 0 Å². The number of hydrogen-bond donors (Lipinski definition) is 3. The van der Waals surface area contributed by atoms with Gasteiger partial charge in [0.15, 0.2) is 0 Å². The highest BCUT2D eigenvalue weighted by Gasteiger charge is 2.51. The predicted octanol–water partition coefficient (Wildman–Crippen LogP) is 4.42. The molecule has 0 spiro atoms. The first kappa shape index (κ1) is 21.9. The van der Waals surface area contributed by atoms with Gasteiger partial charge in [-0.25, -0.2) is 13.2 Å². The summed E-state index contributed by atoms with van der Waals surface area (Å²) >= 11 is 0. The van der Waals surface area contributed by atoms with Gasteiger partial charge in [0.25, 0.3) is 0 Å². The summed E-state index contributed by atoms with van der Waals surface area (Å²) in [5.41, 5.74) is 6.11. The van der Waals surface area contributed by atoms with Gasteiger partial charge in [-0.3, -0.25) is 9.59 Å². The second kappa shape index (κ2) is 8.33. The number of nitrogens with one attached hydrogen (secondary N) is 2. The van der Waals surface area contributed by atoms with Gasteiger partial charge >= 0.3 is 0 Å². The van der Waals surface area contributed by atoms with Crippen molar-refractivity contribution in [1.82, 2.24) is 10.3 Å². The number of nitrogens with two attached hydrogens (primary N) is 1. The summed E-state index contributed by atoms with van der Waals surface area (Å²) < 4.78 is 39.4. The smallest absolute Gasteiger partial charge is 0.243 e. The predicted molar refractivity (Wildman–Crippen MR) is 115 cm³/mol. The number of H-pyrrole nitrogens is 1. The summed E-state index contributed by atoms with van der Waals surface area (Å²) in [5, 5.41) is 3.23. The first-order valence-electron chi connectivity index (χ1n) is 10.5. The number of rotatable bonds is 4. The standard InChI is InChI=1S/C14H8F3N.C10H16N2O2/c15-10-3-1-8(2-4-10)13-6-9-5-11(16)7-12(17)14(9)18-13;1-6-4-7(5-6)8(13)12-10(2-3-10)9(11)14/h1-7,18H;6-7H,2-5H2,1H3,(H2,11,14)(H,12,13). The van der Waals surface area contributed by atoms with E-state index in [4.69, 9.17) is 5.73 Å². The van der Waals surface area contributed by atoms with Crippen LogP contribution in [-0.4, -0.2) is 22.3 Å². The molecule has 2 amide bonds. The van der Waals surface area contributed by atoms with E-state index in [0.717, 1.165) is 18.9 Å². The van der Waals surface area contributed by atoms with Crippen LogP contribution in [0.15, 0.2) is 42.5 Å². The van der Waals surface area contributed by atoms with Crippen molar-refractivity contribution < 1.29 is 22.8 Å². The number of carbonyl (C=O) groups excluding carboxylic acids is 2. The van der Waals surface area contributed by atoms with Crippen molar-refractivity contribution in [2.45, 2.75) is 38.1 Å². The number of primary amides is 1. The monoisotopic (exact) mass is 443 g/mol. The lowest BCUT2D eigenvalue weighted by molar-refractivity contribution is -0.133. The minimum atomic E-state index is -0.685. The molecule has 2 aromatic carbocycles. The third kappa shape index (κ3) is 4.49. The Balaban J connectivity index is 0.000000158. The fourth-order valence-corrected chi connectivity index (χ4v) is 3.96. The summed E-state index contributed by atoms with van der Waals surface area (Å²) in [7, 11) is 0. The summed E-state index contributed by atoms with van der Waals surface area (Å²) in [5.74, 6) is -1.22. The molecule has 2 saturated carbocycles. The molecule has 0 aliphatic heterocycles. The molecule has 0 unspecified atom stereocenters. The van der Waals surface area contributed by atoms with Crippen LogP contribution in [0.4, 0.5) is 13.2 Å². The number of carbonyl (C=O) groups is 2. The summed E-state index contributed by atoms with van der Waals surface area (Å²) in [4.78, 5) is 25.5. The molecule has 0 bridgehead atoms. The molecule has 2 fully saturated rings. The quantitative estimate of drug-likeness (QED) is 0.557. The van der Waals surface area contributed by atoms with E-state index in [1.54, 1.807) is 18.2 Å². The number of amides is 2. The Morgan fingerprint density at radius 3 is 2.25 bits per heavy atom. The molecule has 5 nitrogen and oxygen atoms in total. The number of benzene rings is 2. The van der Waals surface area contributed by atoms with Gasteiger partial charge in [-0.1, -0.05) is 6.92 Å². The van der Waals surface area contributed by atoms with Gasteiger partial charge in [0, 0.05) is 23.1 Å². The molecule has 1 aromatic heterocycles. The van der Waals surface area contributed by atoms with E-state index >= 15 is 0 Å². The van der Waals surface area contributed by atoms with Gasteiger partial charge < -0.3 is 16.0 Å². The van der Waals surface area contributed by atoms with Crippen LogP contribution in [0.1, 0.15) is 32.6 Å². The van der Waals surface area contributed by atoms with Gasteiger partial charge in [0.05, 0.1) is 5.52 Å². The largest absolute Gasteiger partial charge is 0.368 e. The van der Waals surface area contributed by atoms with Crippen molar-refractivity contribution in [3.63, 3.8) is 0 Å². The summed E-state index contributed by atoms with van der Waals surface area (Å²) in [6.07, 6.45) is 3.30. The molecule has 168 valence electrons. The van der Waals surface area contributed by atoms with Gasteiger partial charge in [0.1, 0.15) is 23.0 Å². The minimum absolute atomic E-state index is 0.0133. The van der Waals surface area contributed by atoms with Crippen LogP contribution in [-0.2, 0) is 9.59 Å². The van der Waals surface area contributed by atoms with E-state index in [2.05, 4.69) is 17.2 Å². The van der Waals surface area contributed by atoms with E-state index in [1.807, 2.05) is 0 Å². The van der Waals surface area contributed by atoms with Gasteiger partial charge in [-0.05, 0) is 73.6 Å². The molecule has 4 N–H and O–H groups in total. The van der Waals surface area contributed by atoms with E-state index in [-0.39, 0.29) is 23.2 Å². The molecule has 2 aliphatic carbocycles. The molecular weight excluding hydrogens is 419 g/mol. The zero-order valence-corrected chi connectivity index (χ0v) is 17.6. The molecule has 0 saturated heterocycles. The second-order valence-corrected chi connectivity index (χ2v) is 8.75. The van der Waals surface area contributed by atoms with Crippen LogP contribution in [0.25, 0.3) is 22.2 Å². The van der Waals surface area contributed by atoms with Crippen molar-refractivity contribution in [3.8, 4) is 11.3 Å². The summed E-state index contributed by atoms with van der Waals surface area (Å²) in [6, 6.07) is 9.50. The number of aromatic amines is 1. The first-order chi connectivity index (χ1) is 15.2. The zero-order valence-electron chi connectivity index (χ0n) is 17.6. The Labute approximate surface area is 183 Å². The van der Waals surface area contributed by atoms with Crippen molar-refractivity contribution >= 4 is 22.7 Å². The van der Waals surface area contributed by atoms with Crippen molar-refractivity contribution in [2.24, 2.45) is 17.6 Å². The zero-order chi connectivity index (χ0) is 23.0. The number of halogens is 3. The maximum absolute atomic E-state index is 13.5. The lowest BCUT2D eigenvalue weighted by Gasteiger charge is -2.32. The molecule has 8 heteroatoms. The molecule has 2 aliphatic rings. The molecular formula is C24H24F3N3O2. The fourth-order valence-electron chi connectivity index (χ4n) is 3.96. The van der Waals surface area contributed by atoms with Crippen LogP contribution in [0.3, 0.4) is 0 Å². The molecule has 0 radical (unpaired) electrons. The second-order valence-electron chi connectivity index (χ2n) is 8.75. The van der Waals surface area contributed by atoms with Crippen molar-refractivity contribution in [2.75, 3.05) is 0 Å². The molecule has 32 heavy (non-hydrogen) atoms. The average Bonchev–Trinajstić information content (AvgIpc) is 3.37. The van der Waals surface area contributed by atoms with Gasteiger partial charge in [-0.15, -0.1) is 0 Å².